The van der Waals surface area contributed by atoms with Crippen molar-refractivity contribution in [3.63, 3.8) is 0 Å². The summed E-state index contributed by atoms with van der Waals surface area (Å²) in [6, 6.07) is 13.2. The van der Waals surface area contributed by atoms with E-state index in [4.69, 9.17) is 4.74 Å². The molecule has 0 aliphatic heterocycles. The van der Waals surface area contributed by atoms with Crippen molar-refractivity contribution in [2.75, 3.05) is 12.4 Å². The van der Waals surface area contributed by atoms with Crippen molar-refractivity contribution in [3.8, 4) is 11.4 Å². The minimum absolute atomic E-state index is 0.0824. The van der Waals surface area contributed by atoms with Crippen molar-refractivity contribution in [3.05, 3.63) is 65.7 Å². The number of ether oxygens (including phenoxy) is 1. The van der Waals surface area contributed by atoms with Gasteiger partial charge in [0.15, 0.2) is 11.0 Å². The highest BCUT2D eigenvalue weighted by Gasteiger charge is 2.31. The van der Waals surface area contributed by atoms with Crippen LogP contribution in [0.5, 0.6) is 0 Å². The number of benzene rings is 2. The topological polar surface area (TPSA) is 60.2 Å². The van der Waals surface area contributed by atoms with E-state index in [1.807, 2.05) is 4.57 Å². The quantitative estimate of drug-likeness (QED) is 0.528. The van der Waals surface area contributed by atoms with Gasteiger partial charge in [-0.05, 0) is 31.0 Å². The lowest BCUT2D eigenvalue weighted by molar-refractivity contribution is 0.0386. The van der Waals surface area contributed by atoms with Gasteiger partial charge in [0.25, 0.3) is 0 Å². The van der Waals surface area contributed by atoms with E-state index >= 15 is 0 Å². The van der Waals surface area contributed by atoms with Gasteiger partial charge in [-0.1, -0.05) is 42.1 Å². The van der Waals surface area contributed by atoms with Crippen LogP contribution in [0.15, 0.2) is 53.7 Å². The Kier molecular flexibility index (Phi) is 6.22. The zero-order valence-corrected chi connectivity index (χ0v) is 16.5. The lowest BCUT2D eigenvalue weighted by Gasteiger charge is -2.12. The third kappa shape index (κ3) is 4.83. The Hall–Kier alpha value is -2.29. The summed E-state index contributed by atoms with van der Waals surface area (Å²) in [5.41, 5.74) is 0.878. The fraction of sp³-hybridized carbons (Fsp3) is 0.333. The van der Waals surface area contributed by atoms with Crippen LogP contribution >= 0.6 is 11.8 Å². The van der Waals surface area contributed by atoms with Crippen molar-refractivity contribution >= 4 is 11.8 Å². The standard InChI is InChI=1S/C21H21F2N3O2S/c22-18-7-3-1-5-14(18)11-28-12-16(27)13-29-21-25-24-20(26(21)15-9-10-15)17-6-2-4-8-19(17)23/h1-8,15-16,27H,9-13H2/t16-/m0/s1. The Bertz CT molecular complexity index is 978. The van der Waals surface area contributed by atoms with E-state index in [0.29, 0.717) is 27.9 Å². The summed E-state index contributed by atoms with van der Waals surface area (Å²) >= 11 is 1.36. The molecule has 1 aromatic heterocycles. The van der Waals surface area contributed by atoms with Crippen LogP contribution in [0.25, 0.3) is 11.4 Å². The van der Waals surface area contributed by atoms with Crippen molar-refractivity contribution in [1.29, 1.82) is 0 Å². The molecule has 0 saturated heterocycles. The van der Waals surface area contributed by atoms with Crippen LogP contribution in [-0.4, -0.2) is 38.3 Å². The van der Waals surface area contributed by atoms with Gasteiger partial charge in [-0.15, -0.1) is 10.2 Å². The van der Waals surface area contributed by atoms with Crippen LogP contribution in [0.2, 0.25) is 0 Å². The number of aliphatic hydroxyl groups is 1. The summed E-state index contributed by atoms with van der Waals surface area (Å²) < 4.78 is 35.2. The molecule has 3 aromatic rings. The molecule has 8 heteroatoms. The predicted octanol–water partition coefficient (Wildman–Crippen LogP) is 4.23. The molecule has 1 atom stereocenters. The molecule has 5 nitrogen and oxygen atoms in total. The minimum Gasteiger partial charge on any atom is -0.390 e. The van der Waals surface area contributed by atoms with Crippen LogP contribution in [0, 0.1) is 11.6 Å². The molecule has 0 radical (unpaired) electrons. The van der Waals surface area contributed by atoms with Gasteiger partial charge in [0.2, 0.25) is 0 Å². The Morgan fingerprint density at radius 1 is 1.07 bits per heavy atom. The highest BCUT2D eigenvalue weighted by Crippen LogP contribution is 2.41. The summed E-state index contributed by atoms with van der Waals surface area (Å²) in [5, 5.41) is 19.3. The Labute approximate surface area is 171 Å². The van der Waals surface area contributed by atoms with Crippen molar-refractivity contribution < 1.29 is 18.6 Å². The van der Waals surface area contributed by atoms with Gasteiger partial charge in [-0.25, -0.2) is 8.78 Å². The van der Waals surface area contributed by atoms with E-state index < -0.39 is 6.10 Å². The van der Waals surface area contributed by atoms with Gasteiger partial charge in [-0.2, -0.15) is 0 Å². The lowest BCUT2D eigenvalue weighted by Crippen LogP contribution is -2.18. The van der Waals surface area contributed by atoms with E-state index in [9.17, 15) is 13.9 Å². The summed E-state index contributed by atoms with van der Waals surface area (Å²) in [6.45, 7) is 0.184. The summed E-state index contributed by atoms with van der Waals surface area (Å²) in [4.78, 5) is 0. The lowest BCUT2D eigenvalue weighted by atomic mass is 10.2. The van der Waals surface area contributed by atoms with E-state index in [0.717, 1.165) is 12.8 Å². The molecule has 2 aromatic carbocycles. The number of halogens is 2. The molecule has 1 aliphatic carbocycles. The maximum absolute atomic E-state index is 14.2. The Morgan fingerprint density at radius 2 is 1.79 bits per heavy atom. The van der Waals surface area contributed by atoms with Gasteiger partial charge >= 0.3 is 0 Å². The molecule has 29 heavy (non-hydrogen) atoms. The fourth-order valence-corrected chi connectivity index (χ4v) is 3.91. The van der Waals surface area contributed by atoms with E-state index in [1.165, 1.54) is 23.9 Å². The van der Waals surface area contributed by atoms with Gasteiger partial charge in [-0.3, -0.25) is 4.57 Å². The number of hydrogen-bond acceptors (Lipinski definition) is 5. The first kappa shape index (κ1) is 20.0. The number of rotatable bonds is 9. The molecular formula is C21H21F2N3O2S. The highest BCUT2D eigenvalue weighted by molar-refractivity contribution is 7.99. The monoisotopic (exact) mass is 417 g/mol. The Balaban J connectivity index is 1.36. The maximum Gasteiger partial charge on any atom is 0.191 e. The number of hydrogen-bond donors (Lipinski definition) is 1. The molecule has 152 valence electrons. The molecule has 1 saturated carbocycles. The third-order valence-corrected chi connectivity index (χ3v) is 5.71. The second-order valence-corrected chi connectivity index (χ2v) is 7.95. The number of aromatic nitrogens is 3. The molecule has 4 rings (SSSR count). The molecule has 0 amide bonds. The number of thioether (sulfide) groups is 1. The fourth-order valence-electron chi connectivity index (χ4n) is 3.00. The average Bonchev–Trinajstić information content (AvgIpc) is 3.47. The summed E-state index contributed by atoms with van der Waals surface area (Å²) in [6.07, 6.45) is 1.26. The smallest absolute Gasteiger partial charge is 0.191 e. The van der Waals surface area contributed by atoms with Gasteiger partial charge in [0.05, 0.1) is 24.9 Å². The van der Waals surface area contributed by atoms with Crippen LogP contribution in [0.1, 0.15) is 24.4 Å². The SMILES string of the molecule is O[C@@H](COCc1ccccc1F)CSc1nnc(-c2ccccc2F)n1C1CC1. The van der Waals surface area contributed by atoms with Crippen LogP contribution in [-0.2, 0) is 11.3 Å². The molecular weight excluding hydrogens is 396 g/mol. The average molecular weight is 417 g/mol. The van der Waals surface area contributed by atoms with Crippen molar-refractivity contribution in [2.45, 2.75) is 36.8 Å². The normalized spacial score (nSPS) is 14.9. The van der Waals surface area contributed by atoms with Crippen molar-refractivity contribution in [1.82, 2.24) is 14.8 Å². The summed E-state index contributed by atoms with van der Waals surface area (Å²) in [7, 11) is 0. The van der Waals surface area contributed by atoms with Gasteiger partial charge in [0.1, 0.15) is 11.6 Å². The summed E-state index contributed by atoms with van der Waals surface area (Å²) in [5.74, 6) is 0.201. The molecule has 1 N–H and O–H groups in total. The Morgan fingerprint density at radius 3 is 2.52 bits per heavy atom. The molecule has 0 unspecified atom stereocenters. The zero-order valence-electron chi connectivity index (χ0n) is 15.7. The largest absolute Gasteiger partial charge is 0.390 e. The second-order valence-electron chi connectivity index (χ2n) is 6.96. The molecule has 0 spiro atoms. The first-order valence-corrected chi connectivity index (χ1v) is 10.4. The number of aliphatic hydroxyl groups excluding tert-OH is 1. The molecule has 1 aliphatic rings. The van der Waals surface area contributed by atoms with Crippen molar-refractivity contribution in [2.24, 2.45) is 0 Å². The predicted molar refractivity (Wildman–Crippen MR) is 106 cm³/mol. The van der Waals surface area contributed by atoms with Gasteiger partial charge in [0, 0.05) is 17.4 Å². The molecule has 1 fully saturated rings. The number of nitrogens with zero attached hydrogens (tertiary/aromatic N) is 3. The van der Waals surface area contributed by atoms with E-state index in [1.54, 1.807) is 36.4 Å². The second kappa shape index (κ2) is 9.02. The first-order valence-electron chi connectivity index (χ1n) is 9.45. The zero-order chi connectivity index (χ0) is 20.2. The third-order valence-electron chi connectivity index (χ3n) is 4.62. The van der Waals surface area contributed by atoms with E-state index in [2.05, 4.69) is 10.2 Å². The molecule has 1 heterocycles. The van der Waals surface area contributed by atoms with Crippen LogP contribution in [0.3, 0.4) is 0 Å². The first-order chi connectivity index (χ1) is 14.1. The highest BCUT2D eigenvalue weighted by atomic mass is 32.2. The maximum atomic E-state index is 14.2. The molecule has 0 bridgehead atoms. The minimum atomic E-state index is -0.743. The van der Waals surface area contributed by atoms with E-state index in [-0.39, 0.29) is 30.9 Å². The van der Waals surface area contributed by atoms with Gasteiger partial charge < -0.3 is 9.84 Å². The van der Waals surface area contributed by atoms with Crippen LogP contribution < -0.4 is 0 Å². The van der Waals surface area contributed by atoms with Crippen LogP contribution in [0.4, 0.5) is 8.78 Å².